The van der Waals surface area contributed by atoms with Gasteiger partial charge in [0.1, 0.15) is 11.5 Å². The summed E-state index contributed by atoms with van der Waals surface area (Å²) in [6.45, 7) is 1.80. The van der Waals surface area contributed by atoms with E-state index in [9.17, 15) is 5.11 Å². The van der Waals surface area contributed by atoms with Gasteiger partial charge in [-0.2, -0.15) is 0 Å². The molecule has 0 amide bonds. The van der Waals surface area contributed by atoms with Crippen molar-refractivity contribution >= 4 is 23.2 Å². The summed E-state index contributed by atoms with van der Waals surface area (Å²) in [4.78, 5) is 0. The second-order valence-electron chi connectivity index (χ2n) is 3.92. The zero-order valence-electron chi connectivity index (χ0n) is 9.78. The lowest BCUT2D eigenvalue weighted by Crippen LogP contribution is -1.93. The van der Waals surface area contributed by atoms with Gasteiger partial charge in [0.05, 0.1) is 6.61 Å². The molecular formula is C14H12Cl2O2. The molecule has 94 valence electrons. The Kier molecular flexibility index (Phi) is 4.12. The van der Waals surface area contributed by atoms with E-state index in [0.717, 1.165) is 5.56 Å². The van der Waals surface area contributed by atoms with Crippen molar-refractivity contribution in [3.63, 3.8) is 0 Å². The fraction of sp³-hybridized carbons (Fsp3) is 0.143. The zero-order chi connectivity index (χ0) is 13.1. The van der Waals surface area contributed by atoms with Crippen molar-refractivity contribution in [2.45, 2.75) is 13.5 Å². The lowest BCUT2D eigenvalue weighted by molar-refractivity contribution is 0.276. The summed E-state index contributed by atoms with van der Waals surface area (Å²) in [6.07, 6.45) is 0. The fourth-order valence-electron chi connectivity index (χ4n) is 1.57. The van der Waals surface area contributed by atoms with Crippen LogP contribution in [0.15, 0.2) is 36.4 Å². The van der Waals surface area contributed by atoms with Crippen LogP contribution in [-0.4, -0.2) is 5.11 Å². The van der Waals surface area contributed by atoms with Crippen molar-refractivity contribution in [2.75, 3.05) is 0 Å². The first-order valence-corrected chi connectivity index (χ1v) is 6.19. The lowest BCUT2D eigenvalue weighted by atomic mass is 10.2. The SMILES string of the molecule is Cc1ccc(Cl)cc1Oc1ccc(Cl)cc1CO. The molecule has 2 aromatic carbocycles. The van der Waals surface area contributed by atoms with E-state index in [0.29, 0.717) is 27.1 Å². The number of halogens is 2. The Balaban J connectivity index is 2.36. The smallest absolute Gasteiger partial charge is 0.133 e. The van der Waals surface area contributed by atoms with Crippen LogP contribution >= 0.6 is 23.2 Å². The van der Waals surface area contributed by atoms with Crippen molar-refractivity contribution in [3.05, 3.63) is 57.6 Å². The molecule has 0 unspecified atom stereocenters. The van der Waals surface area contributed by atoms with Crippen molar-refractivity contribution in [3.8, 4) is 11.5 Å². The molecule has 0 saturated carbocycles. The van der Waals surface area contributed by atoms with Crippen LogP contribution in [0.5, 0.6) is 11.5 Å². The predicted octanol–water partition coefficient (Wildman–Crippen LogP) is 4.59. The minimum atomic E-state index is -0.129. The highest BCUT2D eigenvalue weighted by atomic mass is 35.5. The number of aliphatic hydroxyl groups is 1. The molecule has 2 aromatic rings. The summed E-state index contributed by atoms with van der Waals surface area (Å²) < 4.78 is 5.76. The molecule has 4 heteroatoms. The highest BCUT2D eigenvalue weighted by Gasteiger charge is 2.07. The second kappa shape index (κ2) is 5.61. The van der Waals surface area contributed by atoms with Gasteiger partial charge in [0.25, 0.3) is 0 Å². The summed E-state index contributed by atoms with van der Waals surface area (Å²) in [7, 11) is 0. The van der Waals surface area contributed by atoms with Crippen LogP contribution in [0, 0.1) is 6.92 Å². The van der Waals surface area contributed by atoms with E-state index in [1.807, 2.05) is 13.0 Å². The number of aryl methyl sites for hydroxylation is 1. The maximum absolute atomic E-state index is 9.28. The van der Waals surface area contributed by atoms with E-state index in [2.05, 4.69) is 0 Å². The van der Waals surface area contributed by atoms with Gasteiger partial charge >= 0.3 is 0 Å². The highest BCUT2D eigenvalue weighted by Crippen LogP contribution is 2.31. The minimum Gasteiger partial charge on any atom is -0.457 e. The molecule has 0 saturated heterocycles. The van der Waals surface area contributed by atoms with E-state index >= 15 is 0 Å². The molecule has 0 aromatic heterocycles. The van der Waals surface area contributed by atoms with Crippen LogP contribution in [0.1, 0.15) is 11.1 Å². The Labute approximate surface area is 116 Å². The van der Waals surface area contributed by atoms with E-state index < -0.39 is 0 Å². The first-order chi connectivity index (χ1) is 8.60. The predicted molar refractivity (Wildman–Crippen MR) is 73.6 cm³/mol. The Bertz CT molecular complexity index is 568. The quantitative estimate of drug-likeness (QED) is 0.893. The molecule has 0 radical (unpaired) electrons. The van der Waals surface area contributed by atoms with Gasteiger partial charge in [-0.05, 0) is 42.8 Å². The number of rotatable bonds is 3. The summed E-state index contributed by atoms with van der Waals surface area (Å²) >= 11 is 11.8. The van der Waals surface area contributed by atoms with Crippen molar-refractivity contribution in [1.29, 1.82) is 0 Å². The summed E-state index contributed by atoms with van der Waals surface area (Å²) in [5.41, 5.74) is 1.61. The Morgan fingerprint density at radius 2 is 1.67 bits per heavy atom. The van der Waals surface area contributed by atoms with Gasteiger partial charge in [-0.3, -0.25) is 0 Å². The maximum Gasteiger partial charge on any atom is 0.133 e. The molecule has 0 aliphatic rings. The van der Waals surface area contributed by atoms with E-state index in [-0.39, 0.29) is 6.61 Å². The van der Waals surface area contributed by atoms with Crippen LogP contribution in [0.3, 0.4) is 0 Å². The molecule has 18 heavy (non-hydrogen) atoms. The van der Waals surface area contributed by atoms with Crippen molar-refractivity contribution in [1.82, 2.24) is 0 Å². The van der Waals surface area contributed by atoms with Crippen LogP contribution in [0.25, 0.3) is 0 Å². The molecule has 2 rings (SSSR count). The highest BCUT2D eigenvalue weighted by molar-refractivity contribution is 6.31. The van der Waals surface area contributed by atoms with E-state index in [1.54, 1.807) is 30.3 Å². The third-order valence-electron chi connectivity index (χ3n) is 2.56. The third kappa shape index (κ3) is 2.96. The van der Waals surface area contributed by atoms with Gasteiger partial charge in [-0.15, -0.1) is 0 Å². The average Bonchev–Trinajstić information content (AvgIpc) is 2.36. The van der Waals surface area contributed by atoms with Crippen LogP contribution in [0.2, 0.25) is 10.0 Å². The topological polar surface area (TPSA) is 29.5 Å². The maximum atomic E-state index is 9.28. The fourth-order valence-corrected chi connectivity index (χ4v) is 1.93. The average molecular weight is 283 g/mol. The first kappa shape index (κ1) is 13.2. The third-order valence-corrected chi connectivity index (χ3v) is 3.03. The molecule has 0 aliphatic carbocycles. The van der Waals surface area contributed by atoms with Crippen LogP contribution in [0.4, 0.5) is 0 Å². The Morgan fingerprint density at radius 3 is 2.39 bits per heavy atom. The first-order valence-electron chi connectivity index (χ1n) is 5.43. The molecule has 0 aliphatic heterocycles. The van der Waals surface area contributed by atoms with Crippen molar-refractivity contribution < 1.29 is 9.84 Å². The van der Waals surface area contributed by atoms with Gasteiger partial charge in [-0.1, -0.05) is 29.3 Å². The monoisotopic (exact) mass is 282 g/mol. The largest absolute Gasteiger partial charge is 0.457 e. The normalized spacial score (nSPS) is 10.4. The molecule has 0 heterocycles. The number of hydrogen-bond acceptors (Lipinski definition) is 2. The number of ether oxygens (including phenoxy) is 1. The molecule has 0 bridgehead atoms. The molecule has 2 nitrogen and oxygen atoms in total. The lowest BCUT2D eigenvalue weighted by Gasteiger charge is -2.12. The van der Waals surface area contributed by atoms with Gasteiger partial charge in [0.15, 0.2) is 0 Å². The summed E-state index contributed by atoms with van der Waals surface area (Å²) in [6, 6.07) is 10.6. The molecule has 0 fully saturated rings. The molecular weight excluding hydrogens is 271 g/mol. The van der Waals surface area contributed by atoms with Gasteiger partial charge in [0.2, 0.25) is 0 Å². The van der Waals surface area contributed by atoms with Gasteiger partial charge < -0.3 is 9.84 Å². The summed E-state index contributed by atoms with van der Waals surface area (Å²) in [5, 5.41) is 10.5. The van der Waals surface area contributed by atoms with E-state index in [4.69, 9.17) is 27.9 Å². The Morgan fingerprint density at radius 1 is 1.00 bits per heavy atom. The minimum absolute atomic E-state index is 0.129. The number of hydrogen-bond donors (Lipinski definition) is 1. The van der Waals surface area contributed by atoms with Gasteiger partial charge in [-0.25, -0.2) is 0 Å². The number of benzene rings is 2. The molecule has 1 N–H and O–H groups in total. The second-order valence-corrected chi connectivity index (χ2v) is 4.79. The van der Waals surface area contributed by atoms with Crippen molar-refractivity contribution in [2.24, 2.45) is 0 Å². The Hall–Kier alpha value is -1.22. The summed E-state index contributed by atoms with van der Waals surface area (Å²) in [5.74, 6) is 1.24. The van der Waals surface area contributed by atoms with Gasteiger partial charge in [0, 0.05) is 15.6 Å². The molecule has 0 spiro atoms. The van der Waals surface area contributed by atoms with Crippen LogP contribution < -0.4 is 4.74 Å². The standard InChI is InChI=1S/C14H12Cl2O2/c1-9-2-3-12(16)7-14(9)18-13-5-4-11(15)6-10(13)8-17/h2-7,17H,8H2,1H3. The number of aliphatic hydroxyl groups excluding tert-OH is 1. The van der Waals surface area contributed by atoms with E-state index in [1.165, 1.54) is 0 Å². The molecule has 0 atom stereocenters. The van der Waals surface area contributed by atoms with Crippen LogP contribution in [-0.2, 0) is 6.61 Å². The zero-order valence-corrected chi connectivity index (χ0v) is 11.3.